The Bertz CT molecular complexity index is 1120. The zero-order chi connectivity index (χ0) is 23.2. The van der Waals surface area contributed by atoms with Gasteiger partial charge in [0.15, 0.2) is 6.10 Å². The van der Waals surface area contributed by atoms with Gasteiger partial charge in [-0.15, -0.1) is 0 Å². The first-order valence-corrected chi connectivity index (χ1v) is 11.0. The van der Waals surface area contributed by atoms with E-state index in [0.29, 0.717) is 18.7 Å². The number of ether oxygens (including phenoxy) is 1. The Morgan fingerprint density at radius 3 is 2.18 bits per heavy atom. The second-order valence-corrected chi connectivity index (χ2v) is 8.08. The van der Waals surface area contributed by atoms with Crippen molar-refractivity contribution in [3.63, 3.8) is 0 Å². The van der Waals surface area contributed by atoms with Gasteiger partial charge in [-0.2, -0.15) is 5.10 Å². The molecule has 168 valence electrons. The maximum absolute atomic E-state index is 12.9. The molecule has 4 rings (SSSR count). The van der Waals surface area contributed by atoms with Gasteiger partial charge in [0.05, 0.1) is 11.7 Å². The van der Waals surface area contributed by atoms with Crippen LogP contribution < -0.4 is 5.01 Å². The van der Waals surface area contributed by atoms with Crippen molar-refractivity contribution in [2.75, 3.05) is 12.1 Å². The average molecular weight is 442 g/mol. The minimum absolute atomic E-state index is 0.122. The van der Waals surface area contributed by atoms with Crippen molar-refractivity contribution in [1.29, 1.82) is 0 Å². The Balaban J connectivity index is 1.46. The highest BCUT2D eigenvalue weighted by molar-refractivity contribution is 6.37. The van der Waals surface area contributed by atoms with E-state index in [4.69, 9.17) is 4.74 Å². The standard InChI is InChI=1S/C27H27N3O3/c1-20(26(31)29(2)19-21-12-6-3-7-13-21)33-27(32)24-18-25(22-14-8-4-9-15-22)30(28-24)23-16-10-5-11-17-23/h3-17,20,25H,18-19H2,1-2H3/t20-,25-/m1/s1. The lowest BCUT2D eigenvalue weighted by atomic mass is 10.0. The number of hydrogen-bond acceptors (Lipinski definition) is 5. The molecule has 0 saturated heterocycles. The topological polar surface area (TPSA) is 62.2 Å². The quantitative estimate of drug-likeness (QED) is 0.504. The van der Waals surface area contributed by atoms with Gasteiger partial charge in [0.2, 0.25) is 0 Å². The van der Waals surface area contributed by atoms with Gasteiger partial charge in [-0.25, -0.2) is 4.79 Å². The molecule has 0 bridgehead atoms. The van der Waals surface area contributed by atoms with Crippen molar-refractivity contribution < 1.29 is 14.3 Å². The molecule has 2 atom stereocenters. The minimum atomic E-state index is -0.908. The summed E-state index contributed by atoms with van der Waals surface area (Å²) in [5, 5.41) is 6.44. The van der Waals surface area contributed by atoms with E-state index in [-0.39, 0.29) is 11.9 Å². The fraction of sp³-hybridized carbons (Fsp3) is 0.222. The van der Waals surface area contributed by atoms with Crippen LogP contribution in [-0.2, 0) is 20.9 Å². The van der Waals surface area contributed by atoms with Crippen LogP contribution in [0.5, 0.6) is 0 Å². The van der Waals surface area contributed by atoms with E-state index in [1.165, 1.54) is 0 Å². The first kappa shape index (κ1) is 22.3. The summed E-state index contributed by atoms with van der Waals surface area (Å²) in [5.41, 5.74) is 3.26. The van der Waals surface area contributed by atoms with Gasteiger partial charge in [-0.05, 0) is 30.2 Å². The van der Waals surface area contributed by atoms with Gasteiger partial charge in [0.25, 0.3) is 5.91 Å². The van der Waals surface area contributed by atoms with Crippen LogP contribution in [0.4, 0.5) is 5.69 Å². The van der Waals surface area contributed by atoms with Gasteiger partial charge < -0.3 is 9.64 Å². The van der Waals surface area contributed by atoms with E-state index < -0.39 is 12.1 Å². The van der Waals surface area contributed by atoms with Crippen LogP contribution in [0.2, 0.25) is 0 Å². The van der Waals surface area contributed by atoms with Crippen LogP contribution in [0.3, 0.4) is 0 Å². The van der Waals surface area contributed by atoms with Crippen LogP contribution >= 0.6 is 0 Å². The Labute approximate surface area is 194 Å². The number of likely N-dealkylation sites (N-methyl/N-ethyl adjacent to an activating group) is 1. The second-order valence-electron chi connectivity index (χ2n) is 8.08. The highest BCUT2D eigenvalue weighted by atomic mass is 16.5. The zero-order valence-corrected chi connectivity index (χ0v) is 18.8. The van der Waals surface area contributed by atoms with Crippen LogP contribution in [0.25, 0.3) is 0 Å². The maximum atomic E-state index is 12.9. The zero-order valence-electron chi connectivity index (χ0n) is 18.8. The van der Waals surface area contributed by atoms with Crippen molar-refractivity contribution in [2.24, 2.45) is 5.10 Å². The Morgan fingerprint density at radius 2 is 1.55 bits per heavy atom. The third kappa shape index (κ3) is 5.29. The van der Waals surface area contributed by atoms with Crippen LogP contribution in [0, 0.1) is 0 Å². The summed E-state index contributed by atoms with van der Waals surface area (Å²) in [6, 6.07) is 29.2. The number of carbonyl (C=O) groups is 2. The molecule has 1 amide bonds. The number of nitrogens with zero attached hydrogens (tertiary/aromatic N) is 3. The smallest absolute Gasteiger partial charge is 0.355 e. The molecule has 6 heteroatoms. The second kappa shape index (κ2) is 10.1. The molecule has 0 aliphatic carbocycles. The minimum Gasteiger partial charge on any atom is -0.448 e. The molecule has 1 aliphatic heterocycles. The molecule has 1 aliphatic rings. The number of amides is 1. The van der Waals surface area contributed by atoms with E-state index in [9.17, 15) is 9.59 Å². The average Bonchev–Trinajstić information content (AvgIpc) is 3.31. The highest BCUT2D eigenvalue weighted by Crippen LogP contribution is 2.35. The van der Waals surface area contributed by atoms with Crippen molar-refractivity contribution in [3.8, 4) is 0 Å². The summed E-state index contributed by atoms with van der Waals surface area (Å²) in [4.78, 5) is 27.3. The molecule has 0 spiro atoms. The lowest BCUT2D eigenvalue weighted by Crippen LogP contribution is -2.38. The summed E-state index contributed by atoms with van der Waals surface area (Å²) in [5.74, 6) is -0.825. The van der Waals surface area contributed by atoms with E-state index in [0.717, 1.165) is 16.8 Å². The molecule has 0 N–H and O–H groups in total. The molecule has 0 saturated carbocycles. The van der Waals surface area contributed by atoms with E-state index in [2.05, 4.69) is 5.10 Å². The van der Waals surface area contributed by atoms with Crippen molar-refractivity contribution >= 4 is 23.3 Å². The number of hydrazone groups is 1. The molecule has 0 aromatic heterocycles. The van der Waals surface area contributed by atoms with Gasteiger partial charge in [-0.1, -0.05) is 78.9 Å². The molecule has 33 heavy (non-hydrogen) atoms. The summed E-state index contributed by atoms with van der Waals surface area (Å²) in [7, 11) is 1.70. The molecule has 6 nitrogen and oxygen atoms in total. The van der Waals surface area contributed by atoms with Gasteiger partial charge >= 0.3 is 5.97 Å². The van der Waals surface area contributed by atoms with Crippen LogP contribution in [0.15, 0.2) is 96.1 Å². The first-order chi connectivity index (χ1) is 16.0. The van der Waals surface area contributed by atoms with E-state index in [1.807, 2.05) is 96.0 Å². The maximum Gasteiger partial charge on any atom is 0.355 e. The predicted octanol–water partition coefficient (Wildman–Crippen LogP) is 4.58. The van der Waals surface area contributed by atoms with E-state index >= 15 is 0 Å². The molecule has 0 unspecified atom stereocenters. The number of hydrogen-bond donors (Lipinski definition) is 0. The van der Waals surface area contributed by atoms with Crippen molar-refractivity contribution in [1.82, 2.24) is 4.90 Å². The van der Waals surface area contributed by atoms with Crippen LogP contribution in [-0.4, -0.2) is 35.6 Å². The number of para-hydroxylation sites is 1. The Hall–Kier alpha value is -3.93. The summed E-state index contributed by atoms with van der Waals surface area (Å²) >= 11 is 0. The predicted molar refractivity (Wildman–Crippen MR) is 129 cm³/mol. The lowest BCUT2D eigenvalue weighted by Gasteiger charge is -2.23. The third-order valence-electron chi connectivity index (χ3n) is 5.62. The highest BCUT2D eigenvalue weighted by Gasteiger charge is 2.34. The fourth-order valence-electron chi connectivity index (χ4n) is 3.91. The summed E-state index contributed by atoms with van der Waals surface area (Å²) < 4.78 is 5.54. The first-order valence-electron chi connectivity index (χ1n) is 11.0. The number of esters is 1. The fourth-order valence-corrected chi connectivity index (χ4v) is 3.91. The van der Waals surface area contributed by atoms with E-state index in [1.54, 1.807) is 18.9 Å². The molecule has 1 heterocycles. The molecule has 3 aromatic rings. The SMILES string of the molecule is C[C@@H](OC(=O)C1=NN(c2ccccc2)[C@@H](c2ccccc2)C1)C(=O)N(C)Cc1ccccc1. The number of carbonyl (C=O) groups excluding carboxylic acids is 2. The van der Waals surface area contributed by atoms with Gasteiger partial charge in [0.1, 0.15) is 5.71 Å². The Kier molecular flexibility index (Phi) is 6.83. The number of rotatable bonds is 7. The molecule has 0 radical (unpaired) electrons. The van der Waals surface area contributed by atoms with Crippen LogP contribution in [0.1, 0.15) is 30.5 Å². The molecular formula is C27H27N3O3. The van der Waals surface area contributed by atoms with Gasteiger partial charge in [0, 0.05) is 20.0 Å². The Morgan fingerprint density at radius 1 is 0.970 bits per heavy atom. The molecule has 0 fully saturated rings. The monoisotopic (exact) mass is 441 g/mol. The summed E-state index contributed by atoms with van der Waals surface area (Å²) in [6.07, 6.45) is -0.506. The van der Waals surface area contributed by atoms with Gasteiger partial charge in [-0.3, -0.25) is 9.80 Å². The van der Waals surface area contributed by atoms with Crippen molar-refractivity contribution in [2.45, 2.75) is 32.0 Å². The normalized spacial score (nSPS) is 16.1. The number of benzene rings is 3. The largest absolute Gasteiger partial charge is 0.448 e. The molecular weight excluding hydrogens is 414 g/mol. The number of anilines is 1. The molecule has 3 aromatic carbocycles. The third-order valence-corrected chi connectivity index (χ3v) is 5.62. The lowest BCUT2D eigenvalue weighted by molar-refractivity contribution is -0.153. The van der Waals surface area contributed by atoms with Crippen molar-refractivity contribution in [3.05, 3.63) is 102 Å². The summed E-state index contributed by atoms with van der Waals surface area (Å²) in [6.45, 7) is 2.04.